The van der Waals surface area contributed by atoms with E-state index in [0.29, 0.717) is 30.8 Å². The monoisotopic (exact) mass is 460 g/mol. The van der Waals surface area contributed by atoms with Gasteiger partial charge in [-0.2, -0.15) is 13.2 Å². The maximum absolute atomic E-state index is 12.7. The van der Waals surface area contributed by atoms with Crippen LogP contribution in [0.4, 0.5) is 19.0 Å². The van der Waals surface area contributed by atoms with Crippen LogP contribution in [-0.2, 0) is 12.7 Å². The predicted octanol–water partition coefficient (Wildman–Crippen LogP) is 3.66. The van der Waals surface area contributed by atoms with E-state index in [4.69, 9.17) is 21.8 Å². The molecule has 1 amide bonds. The Balaban J connectivity index is 0.00000196. The first kappa shape index (κ1) is 24.4. The summed E-state index contributed by atoms with van der Waals surface area (Å²) in [6.07, 6.45) is -1.79. The number of rotatable bonds is 4. The highest BCUT2D eigenvalue weighted by atomic mass is 35.5. The summed E-state index contributed by atoms with van der Waals surface area (Å²) in [4.78, 5) is 17.8. The van der Waals surface area contributed by atoms with Crippen LogP contribution in [0.3, 0.4) is 0 Å². The number of nitrogens with zero attached hydrogens (tertiary/aromatic N) is 2. The summed E-state index contributed by atoms with van der Waals surface area (Å²) >= 11 is 5.97. The molecule has 0 spiro atoms. The van der Waals surface area contributed by atoms with E-state index < -0.39 is 11.7 Å². The van der Waals surface area contributed by atoms with E-state index in [9.17, 15) is 18.0 Å². The third-order valence-electron chi connectivity index (χ3n) is 4.09. The number of furan rings is 1. The number of pyridine rings is 1. The highest BCUT2D eigenvalue weighted by Gasteiger charge is 2.33. The summed E-state index contributed by atoms with van der Waals surface area (Å²) in [5, 5.41) is 2.78. The zero-order chi connectivity index (χ0) is 18.9. The minimum absolute atomic E-state index is 0. The summed E-state index contributed by atoms with van der Waals surface area (Å²) in [6, 6.07) is 2.24. The smallest absolute Gasteiger partial charge is 0.417 e. The summed E-state index contributed by atoms with van der Waals surface area (Å²) in [5.41, 5.74) is 4.91. The molecule has 1 saturated heterocycles. The molecule has 156 valence electrons. The molecule has 1 atom stereocenters. The third-order valence-corrected chi connectivity index (χ3v) is 4.37. The number of anilines is 1. The zero-order valence-electron chi connectivity index (χ0n) is 14.3. The Morgan fingerprint density at radius 2 is 2.11 bits per heavy atom. The highest BCUT2D eigenvalue weighted by Crippen LogP contribution is 2.34. The van der Waals surface area contributed by atoms with Crippen molar-refractivity contribution in [1.29, 1.82) is 0 Å². The number of carbonyl (C=O) groups is 1. The molecule has 28 heavy (non-hydrogen) atoms. The van der Waals surface area contributed by atoms with Gasteiger partial charge in [0.1, 0.15) is 17.8 Å². The average Bonchev–Trinajstić information content (AvgIpc) is 3.23. The molecule has 2 aromatic rings. The summed E-state index contributed by atoms with van der Waals surface area (Å²) < 4.78 is 43.2. The standard InChI is InChI=1S/C16H16ClF3N4O2.2ClH/c17-13-4-10(16(18,19)20)6-22-14(13)24-2-1-11(7-24)23-15(25)9-3-12(5-21)26-8-9;;/h3-4,6,8,11H,1-2,5,7,21H2,(H,23,25);2*1H. The summed E-state index contributed by atoms with van der Waals surface area (Å²) in [6.45, 7) is 1.11. The number of aromatic nitrogens is 1. The molecule has 2 aromatic heterocycles. The molecule has 3 N–H and O–H groups in total. The maximum atomic E-state index is 12.7. The fraction of sp³-hybridized carbons (Fsp3) is 0.375. The van der Waals surface area contributed by atoms with Gasteiger partial charge in [0.25, 0.3) is 5.91 Å². The third kappa shape index (κ3) is 5.44. The Kier molecular flexibility index (Phi) is 8.43. The second-order valence-corrected chi connectivity index (χ2v) is 6.35. The van der Waals surface area contributed by atoms with Crippen molar-refractivity contribution in [3.8, 4) is 0 Å². The first-order valence-corrected chi connectivity index (χ1v) is 8.21. The number of carbonyl (C=O) groups excluding carboxylic acids is 1. The van der Waals surface area contributed by atoms with Gasteiger partial charge in [0, 0.05) is 25.3 Å². The molecule has 3 rings (SSSR count). The Morgan fingerprint density at radius 1 is 1.39 bits per heavy atom. The molecule has 0 bridgehead atoms. The quantitative estimate of drug-likeness (QED) is 0.726. The van der Waals surface area contributed by atoms with Gasteiger partial charge in [-0.15, -0.1) is 24.8 Å². The van der Waals surface area contributed by atoms with Gasteiger partial charge >= 0.3 is 6.18 Å². The Hall–Kier alpha value is -1.68. The lowest BCUT2D eigenvalue weighted by Gasteiger charge is -2.20. The van der Waals surface area contributed by atoms with E-state index >= 15 is 0 Å². The van der Waals surface area contributed by atoms with Crippen molar-refractivity contribution in [2.45, 2.75) is 25.2 Å². The molecule has 0 aliphatic carbocycles. The van der Waals surface area contributed by atoms with Crippen LogP contribution in [0.5, 0.6) is 0 Å². The number of nitrogens with one attached hydrogen (secondary N) is 1. The van der Waals surface area contributed by atoms with Crippen molar-refractivity contribution in [1.82, 2.24) is 10.3 Å². The fourth-order valence-electron chi connectivity index (χ4n) is 2.76. The van der Waals surface area contributed by atoms with Crippen LogP contribution in [0, 0.1) is 0 Å². The zero-order valence-corrected chi connectivity index (χ0v) is 16.7. The molecule has 1 unspecified atom stereocenters. The average molecular weight is 462 g/mol. The van der Waals surface area contributed by atoms with Gasteiger partial charge in [0.05, 0.1) is 22.7 Å². The van der Waals surface area contributed by atoms with Gasteiger partial charge in [-0.05, 0) is 18.6 Å². The molecular formula is C16H18Cl3F3N4O2. The van der Waals surface area contributed by atoms with E-state index in [1.807, 2.05) is 0 Å². The lowest BCUT2D eigenvalue weighted by molar-refractivity contribution is -0.137. The Labute approximate surface area is 176 Å². The van der Waals surface area contributed by atoms with Crippen LogP contribution < -0.4 is 16.0 Å². The molecule has 12 heteroatoms. The van der Waals surface area contributed by atoms with Crippen molar-refractivity contribution in [2.24, 2.45) is 5.73 Å². The molecule has 0 aromatic carbocycles. The van der Waals surface area contributed by atoms with Gasteiger partial charge < -0.3 is 20.4 Å². The normalized spacial score (nSPS) is 16.3. The van der Waals surface area contributed by atoms with Crippen molar-refractivity contribution in [3.05, 3.63) is 46.5 Å². The first-order valence-electron chi connectivity index (χ1n) is 7.84. The van der Waals surface area contributed by atoms with E-state index in [1.54, 1.807) is 11.0 Å². The van der Waals surface area contributed by atoms with Gasteiger partial charge in [-0.1, -0.05) is 11.6 Å². The largest absolute Gasteiger partial charge is 0.467 e. The lowest BCUT2D eigenvalue weighted by atomic mass is 10.2. The van der Waals surface area contributed by atoms with Crippen molar-refractivity contribution in [3.63, 3.8) is 0 Å². The van der Waals surface area contributed by atoms with E-state index in [1.165, 1.54) is 6.26 Å². The van der Waals surface area contributed by atoms with Crippen molar-refractivity contribution >= 4 is 48.1 Å². The number of hydrogen-bond donors (Lipinski definition) is 2. The number of amides is 1. The van der Waals surface area contributed by atoms with E-state index in [2.05, 4.69) is 10.3 Å². The molecular weight excluding hydrogens is 444 g/mol. The minimum atomic E-state index is -4.50. The van der Waals surface area contributed by atoms with E-state index in [0.717, 1.165) is 12.3 Å². The van der Waals surface area contributed by atoms with Crippen molar-refractivity contribution in [2.75, 3.05) is 18.0 Å². The molecule has 0 saturated carbocycles. The number of alkyl halides is 3. The predicted molar refractivity (Wildman–Crippen MR) is 103 cm³/mol. The molecule has 1 aliphatic heterocycles. The van der Waals surface area contributed by atoms with Gasteiger partial charge in [0.2, 0.25) is 0 Å². The second kappa shape index (κ2) is 9.69. The highest BCUT2D eigenvalue weighted by molar-refractivity contribution is 6.33. The molecule has 6 nitrogen and oxygen atoms in total. The minimum Gasteiger partial charge on any atom is -0.467 e. The Bertz CT molecular complexity index is 817. The van der Waals surface area contributed by atoms with Crippen LogP contribution in [0.25, 0.3) is 0 Å². The number of halogens is 6. The molecule has 3 heterocycles. The number of hydrogen-bond acceptors (Lipinski definition) is 5. The SMILES string of the molecule is Cl.Cl.NCc1cc(C(=O)NC2CCN(c3ncc(C(F)(F)F)cc3Cl)C2)co1. The van der Waals surface area contributed by atoms with Gasteiger partial charge in [-0.25, -0.2) is 4.98 Å². The fourth-order valence-corrected chi connectivity index (χ4v) is 3.05. The van der Waals surface area contributed by atoms with Gasteiger partial charge in [0.15, 0.2) is 0 Å². The van der Waals surface area contributed by atoms with Crippen LogP contribution in [-0.4, -0.2) is 30.0 Å². The van der Waals surface area contributed by atoms with Crippen LogP contribution >= 0.6 is 36.4 Å². The topological polar surface area (TPSA) is 84.4 Å². The maximum Gasteiger partial charge on any atom is 0.417 e. The van der Waals surface area contributed by atoms with E-state index in [-0.39, 0.29) is 54.1 Å². The van der Waals surface area contributed by atoms with Crippen LogP contribution in [0.2, 0.25) is 5.02 Å². The first-order chi connectivity index (χ1) is 12.3. The molecule has 1 fully saturated rings. The molecule has 0 radical (unpaired) electrons. The van der Waals surface area contributed by atoms with Crippen LogP contribution in [0.1, 0.15) is 28.1 Å². The van der Waals surface area contributed by atoms with Crippen LogP contribution in [0.15, 0.2) is 29.0 Å². The lowest BCUT2D eigenvalue weighted by Crippen LogP contribution is -2.37. The number of nitrogens with two attached hydrogens (primary N) is 1. The molecule has 1 aliphatic rings. The summed E-state index contributed by atoms with van der Waals surface area (Å²) in [7, 11) is 0. The van der Waals surface area contributed by atoms with Gasteiger partial charge in [-0.3, -0.25) is 4.79 Å². The second-order valence-electron chi connectivity index (χ2n) is 5.94. The Morgan fingerprint density at radius 3 is 2.68 bits per heavy atom. The van der Waals surface area contributed by atoms with Crippen molar-refractivity contribution < 1.29 is 22.4 Å². The summed E-state index contributed by atoms with van der Waals surface area (Å²) in [5.74, 6) is 0.473.